The van der Waals surface area contributed by atoms with E-state index >= 15 is 0 Å². The number of aromatic nitrogens is 3. The summed E-state index contributed by atoms with van der Waals surface area (Å²) in [4.78, 5) is 11.2. The summed E-state index contributed by atoms with van der Waals surface area (Å²) in [5, 5.41) is 11.2. The molecule has 4 nitrogen and oxygen atoms in total. The fourth-order valence-corrected chi connectivity index (χ4v) is 10.6. The Labute approximate surface area is 385 Å². The second kappa shape index (κ2) is 16.4. The zero-order valence-electron chi connectivity index (χ0n) is 37.1. The zero-order chi connectivity index (χ0) is 43.0. The van der Waals surface area contributed by atoms with Crippen molar-refractivity contribution in [1.82, 2.24) is 14.5 Å². The average molecular weight is 1000 g/mol. The number of phenols is 1. The first kappa shape index (κ1) is 42.0. The van der Waals surface area contributed by atoms with E-state index in [0.717, 1.165) is 91.3 Å². The maximum absolute atomic E-state index is 11.2. The molecule has 1 aliphatic carbocycles. The normalized spacial score (nSPS) is 11.9. The summed E-state index contributed by atoms with van der Waals surface area (Å²) < 4.78 is 2.31. The molecule has 0 spiro atoms. The molecule has 1 aliphatic rings. The molecule has 2 aromatic heterocycles. The SMILES string of the molecule is Cc1cc(C)c(-c2cccc(-c3c(C)cc(C)cc3C)c2-c2ccc3c(nc(-c4ccc5c(n4)-c4c(O)cccc4CC5)n3-c3c(C)cccc3C)c2-c2[c-]cccc2)c(C)c1.[Pt]. The van der Waals surface area contributed by atoms with Crippen LogP contribution in [0.3, 0.4) is 0 Å². The summed E-state index contributed by atoms with van der Waals surface area (Å²) >= 11 is 0. The number of nitrogens with zero attached hydrogens (tertiary/aromatic N) is 3. The van der Waals surface area contributed by atoms with E-state index < -0.39 is 0 Å². The number of aromatic hydroxyl groups is 1. The molecule has 10 rings (SSSR count). The largest absolute Gasteiger partial charge is 0.507 e. The van der Waals surface area contributed by atoms with Crippen molar-refractivity contribution < 1.29 is 26.2 Å². The molecule has 0 bridgehead atoms. The minimum atomic E-state index is 0. The third-order valence-electron chi connectivity index (χ3n) is 12.9. The Kier molecular flexibility index (Phi) is 10.9. The van der Waals surface area contributed by atoms with Crippen molar-refractivity contribution in [3.63, 3.8) is 0 Å². The Bertz CT molecular complexity index is 3140. The van der Waals surface area contributed by atoms with Crippen LogP contribution in [0.5, 0.6) is 5.75 Å². The Balaban J connectivity index is 0.00000504. The molecule has 0 saturated heterocycles. The predicted octanol–water partition coefficient (Wildman–Crippen LogP) is 14.5. The van der Waals surface area contributed by atoms with Gasteiger partial charge in [0, 0.05) is 26.6 Å². The van der Waals surface area contributed by atoms with E-state index in [1.807, 2.05) is 18.2 Å². The van der Waals surface area contributed by atoms with Gasteiger partial charge in [0.1, 0.15) is 11.4 Å². The second-order valence-corrected chi connectivity index (χ2v) is 17.4. The molecular formula is C58H50N3OPt-. The van der Waals surface area contributed by atoms with Crippen molar-refractivity contribution in [2.45, 2.75) is 68.2 Å². The molecule has 9 aromatic rings. The molecule has 1 N–H and O–H groups in total. The minimum Gasteiger partial charge on any atom is -0.507 e. The van der Waals surface area contributed by atoms with Gasteiger partial charge >= 0.3 is 0 Å². The van der Waals surface area contributed by atoms with Gasteiger partial charge in [-0.1, -0.05) is 102 Å². The number of pyridine rings is 1. The Morgan fingerprint density at radius 2 is 1.10 bits per heavy atom. The topological polar surface area (TPSA) is 50.9 Å². The van der Waals surface area contributed by atoms with Crippen LogP contribution in [0.2, 0.25) is 0 Å². The molecule has 314 valence electrons. The number of aryl methyl sites for hydroxylation is 10. The number of rotatable bonds is 6. The zero-order valence-corrected chi connectivity index (χ0v) is 39.4. The first-order chi connectivity index (χ1) is 30.0. The quantitative estimate of drug-likeness (QED) is 0.169. The number of phenolic OH excluding ortho intramolecular Hbond substituents is 1. The van der Waals surface area contributed by atoms with E-state index in [0.29, 0.717) is 0 Å². The van der Waals surface area contributed by atoms with Gasteiger partial charge in [-0.15, -0.1) is 35.9 Å². The molecule has 63 heavy (non-hydrogen) atoms. The molecule has 0 fully saturated rings. The second-order valence-electron chi connectivity index (χ2n) is 17.4. The first-order valence-corrected chi connectivity index (χ1v) is 21.7. The molecular weight excluding hydrogens is 950 g/mol. The maximum Gasteiger partial charge on any atom is 0.163 e. The number of fused-ring (bicyclic) bond motifs is 4. The number of hydrogen-bond donors (Lipinski definition) is 1. The molecule has 0 amide bonds. The van der Waals surface area contributed by atoms with E-state index in [1.54, 1.807) is 6.07 Å². The van der Waals surface area contributed by atoms with Crippen molar-refractivity contribution in [3.05, 3.63) is 189 Å². The molecule has 2 heterocycles. The van der Waals surface area contributed by atoms with Crippen LogP contribution in [0.15, 0.2) is 127 Å². The fraction of sp³-hybridized carbons (Fsp3) is 0.172. The third kappa shape index (κ3) is 7.06. The predicted molar refractivity (Wildman–Crippen MR) is 257 cm³/mol. The number of hydrogen-bond acceptors (Lipinski definition) is 3. The van der Waals surface area contributed by atoms with E-state index in [4.69, 9.17) is 9.97 Å². The average Bonchev–Trinajstić information content (AvgIpc) is 3.62. The summed E-state index contributed by atoms with van der Waals surface area (Å²) in [5.41, 5.74) is 26.5. The maximum atomic E-state index is 11.2. The number of benzene rings is 7. The van der Waals surface area contributed by atoms with Crippen LogP contribution < -0.4 is 0 Å². The van der Waals surface area contributed by atoms with Gasteiger partial charge in [0.05, 0.1) is 22.4 Å². The summed E-state index contributed by atoms with van der Waals surface area (Å²) in [6.45, 7) is 17.7. The van der Waals surface area contributed by atoms with Crippen molar-refractivity contribution in [2.75, 3.05) is 0 Å². The fourth-order valence-electron chi connectivity index (χ4n) is 10.6. The number of para-hydroxylation sites is 1. The third-order valence-corrected chi connectivity index (χ3v) is 12.9. The van der Waals surface area contributed by atoms with Crippen LogP contribution in [-0.4, -0.2) is 19.6 Å². The monoisotopic (exact) mass is 999 g/mol. The van der Waals surface area contributed by atoms with Crippen molar-refractivity contribution in [2.24, 2.45) is 0 Å². The van der Waals surface area contributed by atoms with Gasteiger partial charge in [0.15, 0.2) is 5.82 Å². The summed E-state index contributed by atoms with van der Waals surface area (Å²) in [7, 11) is 0. The summed E-state index contributed by atoms with van der Waals surface area (Å²) in [6, 6.07) is 49.2. The Morgan fingerprint density at radius 1 is 0.508 bits per heavy atom. The van der Waals surface area contributed by atoms with Gasteiger partial charge < -0.3 is 5.11 Å². The van der Waals surface area contributed by atoms with E-state index in [2.05, 4.69) is 169 Å². The summed E-state index contributed by atoms with van der Waals surface area (Å²) in [5.74, 6) is 1.01. The summed E-state index contributed by atoms with van der Waals surface area (Å²) in [6.07, 6.45) is 1.73. The molecule has 7 aromatic carbocycles. The van der Waals surface area contributed by atoms with Crippen LogP contribution >= 0.6 is 0 Å². The van der Waals surface area contributed by atoms with Crippen LogP contribution in [-0.2, 0) is 33.9 Å². The molecule has 0 atom stereocenters. The van der Waals surface area contributed by atoms with E-state index in [-0.39, 0.29) is 26.8 Å². The van der Waals surface area contributed by atoms with Crippen molar-refractivity contribution >= 4 is 11.0 Å². The molecule has 0 aliphatic heterocycles. The van der Waals surface area contributed by atoms with Crippen LogP contribution in [0.4, 0.5) is 0 Å². The van der Waals surface area contributed by atoms with Crippen molar-refractivity contribution in [3.8, 4) is 78.7 Å². The van der Waals surface area contributed by atoms with Gasteiger partial charge in [0.2, 0.25) is 0 Å². The van der Waals surface area contributed by atoms with E-state index in [9.17, 15) is 5.11 Å². The molecule has 0 saturated carbocycles. The van der Waals surface area contributed by atoms with Gasteiger partial charge in [-0.25, -0.2) is 9.97 Å². The van der Waals surface area contributed by atoms with Gasteiger partial charge in [-0.3, -0.25) is 4.57 Å². The van der Waals surface area contributed by atoms with Gasteiger partial charge in [-0.2, -0.15) is 0 Å². The molecule has 0 unspecified atom stereocenters. The molecule has 5 heteroatoms. The van der Waals surface area contributed by atoms with Gasteiger partial charge in [0.25, 0.3) is 0 Å². The Morgan fingerprint density at radius 3 is 1.71 bits per heavy atom. The standard InChI is InChI=1S/C58H50N3O.Pt/c1-33-29-37(5)50(38(6)30-33)44-20-14-21-45(51-39(7)31-34(2)32-40(51)8)54(44)46-26-28-48-56(52(46)41-17-10-9-11-18-41)60-58(61(48)57-35(3)15-12-16-36(57)4)47-27-25-43-24-23-42-19-13-22-49(62)53(42)55(43)59-47;/h9-17,19-22,25-32,62H,23-24H2,1-8H3;/q-1;. The van der Waals surface area contributed by atoms with Crippen LogP contribution in [0.1, 0.15) is 55.6 Å². The minimum absolute atomic E-state index is 0. The van der Waals surface area contributed by atoms with Gasteiger partial charge in [-0.05, 0) is 164 Å². The van der Waals surface area contributed by atoms with Crippen molar-refractivity contribution in [1.29, 1.82) is 0 Å². The van der Waals surface area contributed by atoms with E-state index in [1.165, 1.54) is 61.2 Å². The number of imidazole rings is 1. The molecule has 0 radical (unpaired) electrons. The first-order valence-electron chi connectivity index (χ1n) is 21.7. The smallest absolute Gasteiger partial charge is 0.163 e. The Hall–Kier alpha value is -6.35. The van der Waals surface area contributed by atoms with Crippen LogP contribution in [0, 0.1) is 61.5 Å². The van der Waals surface area contributed by atoms with Crippen LogP contribution in [0.25, 0.3) is 84.0 Å².